The first-order chi connectivity index (χ1) is 15.1. The van der Waals surface area contributed by atoms with Gasteiger partial charge >= 0.3 is 0 Å². The predicted molar refractivity (Wildman–Crippen MR) is 120 cm³/mol. The van der Waals surface area contributed by atoms with Crippen LogP contribution in [0.4, 0.5) is 5.95 Å². The Hall–Kier alpha value is -4.26. The van der Waals surface area contributed by atoms with E-state index in [4.69, 9.17) is 0 Å². The second kappa shape index (κ2) is 7.53. The van der Waals surface area contributed by atoms with Gasteiger partial charge in [0.25, 0.3) is 11.5 Å². The monoisotopic (exact) mass is 409 g/mol. The molecule has 1 amide bonds. The van der Waals surface area contributed by atoms with E-state index in [9.17, 15) is 9.59 Å². The highest BCUT2D eigenvalue weighted by Gasteiger charge is 2.18. The Morgan fingerprint density at radius 2 is 1.87 bits per heavy atom. The molecule has 7 nitrogen and oxygen atoms in total. The summed E-state index contributed by atoms with van der Waals surface area (Å²) in [5, 5.41) is 3.42. The van der Waals surface area contributed by atoms with Gasteiger partial charge in [-0.05, 0) is 42.8 Å². The molecule has 0 aliphatic heterocycles. The molecule has 2 N–H and O–H groups in total. The molecule has 0 aliphatic carbocycles. The molecule has 0 saturated carbocycles. The summed E-state index contributed by atoms with van der Waals surface area (Å²) in [6, 6.07) is 20.6. The zero-order valence-corrected chi connectivity index (χ0v) is 16.8. The van der Waals surface area contributed by atoms with Crippen molar-refractivity contribution in [1.82, 2.24) is 19.5 Å². The fourth-order valence-electron chi connectivity index (χ4n) is 3.58. The number of imidazole rings is 1. The minimum absolute atomic E-state index is 0.0352. The number of hydrogen-bond donors (Lipinski definition) is 2. The first-order valence-electron chi connectivity index (χ1n) is 9.89. The number of aromatic nitrogens is 4. The highest BCUT2D eigenvalue weighted by atomic mass is 16.2. The van der Waals surface area contributed by atoms with E-state index >= 15 is 0 Å². The number of aryl methyl sites for hydroxylation is 1. The lowest BCUT2D eigenvalue weighted by atomic mass is 10.1. The Morgan fingerprint density at radius 3 is 2.68 bits per heavy atom. The molecule has 0 saturated heterocycles. The average molecular weight is 409 g/mol. The molecule has 5 rings (SSSR count). The van der Waals surface area contributed by atoms with Crippen LogP contribution in [-0.2, 0) is 6.54 Å². The second-order valence-corrected chi connectivity index (χ2v) is 7.41. The average Bonchev–Trinajstić information content (AvgIpc) is 3.19. The van der Waals surface area contributed by atoms with E-state index < -0.39 is 11.5 Å². The Balaban J connectivity index is 1.56. The number of anilines is 1. The van der Waals surface area contributed by atoms with Gasteiger partial charge in [0.2, 0.25) is 5.95 Å². The molecule has 0 radical (unpaired) electrons. The molecule has 3 aromatic heterocycles. The van der Waals surface area contributed by atoms with Crippen molar-refractivity contribution in [1.29, 1.82) is 0 Å². The van der Waals surface area contributed by atoms with Gasteiger partial charge in [-0.25, -0.2) is 9.97 Å². The Labute approximate surface area is 177 Å². The Morgan fingerprint density at radius 1 is 1.06 bits per heavy atom. The number of para-hydroxylation sites is 2. The maximum Gasteiger partial charge on any atom is 0.265 e. The summed E-state index contributed by atoms with van der Waals surface area (Å²) in [5.41, 5.74) is 3.80. The SMILES string of the molecule is Cc1ccc(Cn2c(=O)c(C(=O)Nc3nc4ccccc4[nH]3)cc3cccnc32)cc1. The van der Waals surface area contributed by atoms with Crippen molar-refractivity contribution in [3.8, 4) is 0 Å². The summed E-state index contributed by atoms with van der Waals surface area (Å²) in [5.74, 6) is -0.227. The van der Waals surface area contributed by atoms with E-state index in [0.717, 1.165) is 22.2 Å². The molecular weight excluding hydrogens is 390 g/mol. The molecule has 0 bridgehead atoms. The van der Waals surface area contributed by atoms with Crippen molar-refractivity contribution in [2.75, 3.05) is 5.32 Å². The maximum absolute atomic E-state index is 13.3. The molecule has 2 aromatic carbocycles. The number of amides is 1. The van der Waals surface area contributed by atoms with Crippen LogP contribution in [0.15, 0.2) is 77.7 Å². The minimum atomic E-state index is -0.521. The zero-order valence-electron chi connectivity index (χ0n) is 16.8. The second-order valence-electron chi connectivity index (χ2n) is 7.41. The van der Waals surface area contributed by atoms with Gasteiger partial charge in [-0.2, -0.15) is 0 Å². The quantitative estimate of drug-likeness (QED) is 0.471. The molecule has 0 spiro atoms. The summed E-state index contributed by atoms with van der Waals surface area (Å²) in [6.07, 6.45) is 1.64. The largest absolute Gasteiger partial charge is 0.324 e. The molecule has 0 unspecified atom stereocenters. The summed E-state index contributed by atoms with van der Waals surface area (Å²) < 4.78 is 1.54. The van der Waals surface area contributed by atoms with E-state index in [-0.39, 0.29) is 5.56 Å². The van der Waals surface area contributed by atoms with Crippen LogP contribution >= 0.6 is 0 Å². The number of carbonyl (C=O) groups is 1. The number of nitrogens with zero attached hydrogens (tertiary/aromatic N) is 3. The fourth-order valence-corrected chi connectivity index (χ4v) is 3.58. The fraction of sp³-hybridized carbons (Fsp3) is 0.0833. The molecule has 0 aliphatic rings. The van der Waals surface area contributed by atoms with Crippen LogP contribution in [0.3, 0.4) is 0 Å². The molecular formula is C24H19N5O2. The van der Waals surface area contributed by atoms with Gasteiger partial charge in [-0.3, -0.25) is 19.5 Å². The van der Waals surface area contributed by atoms with Crippen LogP contribution in [0.1, 0.15) is 21.5 Å². The van der Waals surface area contributed by atoms with Crippen LogP contribution in [0, 0.1) is 6.92 Å². The highest BCUT2D eigenvalue weighted by Crippen LogP contribution is 2.16. The number of hydrogen-bond acceptors (Lipinski definition) is 4. The number of aromatic amines is 1. The normalized spacial score (nSPS) is 11.1. The number of benzene rings is 2. The smallest absolute Gasteiger partial charge is 0.265 e. The lowest BCUT2D eigenvalue weighted by Gasteiger charge is -2.12. The van der Waals surface area contributed by atoms with Gasteiger partial charge in [0.05, 0.1) is 17.6 Å². The van der Waals surface area contributed by atoms with E-state index in [1.807, 2.05) is 61.5 Å². The first-order valence-corrected chi connectivity index (χ1v) is 9.89. The summed E-state index contributed by atoms with van der Waals surface area (Å²) >= 11 is 0. The van der Waals surface area contributed by atoms with Gasteiger partial charge in [-0.15, -0.1) is 0 Å². The molecule has 152 valence electrons. The molecule has 3 heterocycles. The lowest BCUT2D eigenvalue weighted by molar-refractivity contribution is 0.102. The van der Waals surface area contributed by atoms with Gasteiger partial charge in [-0.1, -0.05) is 42.0 Å². The molecule has 0 fully saturated rings. The number of carbonyl (C=O) groups excluding carboxylic acids is 1. The Kier molecular flexibility index (Phi) is 4.55. The third-order valence-electron chi connectivity index (χ3n) is 5.18. The van der Waals surface area contributed by atoms with E-state index in [1.54, 1.807) is 18.3 Å². The predicted octanol–water partition coefficient (Wildman–Crippen LogP) is 3.88. The number of pyridine rings is 2. The van der Waals surface area contributed by atoms with Crippen molar-refractivity contribution < 1.29 is 4.79 Å². The number of nitrogens with one attached hydrogen (secondary N) is 2. The Bertz CT molecular complexity index is 1450. The van der Waals surface area contributed by atoms with Gasteiger partial charge in [0.1, 0.15) is 11.2 Å². The van der Waals surface area contributed by atoms with Crippen LogP contribution in [-0.4, -0.2) is 25.4 Å². The molecule has 5 aromatic rings. The van der Waals surface area contributed by atoms with Crippen molar-refractivity contribution in [3.05, 3.63) is 100.0 Å². The van der Waals surface area contributed by atoms with Crippen molar-refractivity contribution in [2.45, 2.75) is 13.5 Å². The minimum Gasteiger partial charge on any atom is -0.324 e. The van der Waals surface area contributed by atoms with E-state index in [1.165, 1.54) is 4.57 Å². The molecule has 7 heteroatoms. The highest BCUT2D eigenvalue weighted by molar-refractivity contribution is 6.05. The van der Waals surface area contributed by atoms with Crippen LogP contribution in [0.5, 0.6) is 0 Å². The van der Waals surface area contributed by atoms with Crippen LogP contribution in [0.2, 0.25) is 0 Å². The van der Waals surface area contributed by atoms with Crippen LogP contribution in [0.25, 0.3) is 22.1 Å². The maximum atomic E-state index is 13.3. The lowest BCUT2D eigenvalue weighted by Crippen LogP contribution is -2.30. The zero-order chi connectivity index (χ0) is 21.4. The van der Waals surface area contributed by atoms with Gasteiger partial charge in [0, 0.05) is 11.6 Å². The van der Waals surface area contributed by atoms with Crippen LogP contribution < -0.4 is 10.9 Å². The van der Waals surface area contributed by atoms with Crippen molar-refractivity contribution >= 4 is 33.9 Å². The summed E-state index contributed by atoms with van der Waals surface area (Å²) in [4.78, 5) is 38.1. The van der Waals surface area contributed by atoms with Crippen molar-refractivity contribution in [3.63, 3.8) is 0 Å². The summed E-state index contributed by atoms with van der Waals surface area (Å²) in [7, 11) is 0. The number of fused-ring (bicyclic) bond motifs is 2. The van der Waals surface area contributed by atoms with E-state index in [0.29, 0.717) is 23.5 Å². The molecule has 31 heavy (non-hydrogen) atoms. The van der Waals surface area contributed by atoms with E-state index in [2.05, 4.69) is 20.3 Å². The number of H-pyrrole nitrogens is 1. The summed E-state index contributed by atoms with van der Waals surface area (Å²) in [6.45, 7) is 2.33. The van der Waals surface area contributed by atoms with Gasteiger partial charge in [0.15, 0.2) is 0 Å². The van der Waals surface area contributed by atoms with Crippen molar-refractivity contribution in [2.24, 2.45) is 0 Å². The van der Waals surface area contributed by atoms with Gasteiger partial charge < -0.3 is 4.98 Å². The number of rotatable bonds is 4. The third-order valence-corrected chi connectivity index (χ3v) is 5.18. The first kappa shape index (κ1) is 18.7. The topological polar surface area (TPSA) is 92.7 Å². The molecule has 0 atom stereocenters. The standard InChI is InChI=1S/C24H19N5O2/c1-15-8-10-16(11-9-15)14-29-21-17(5-4-12-25-21)13-18(23(29)31)22(30)28-24-26-19-6-2-3-7-20(19)27-24/h2-13H,14H2,1H3,(H2,26,27,28,30). The third kappa shape index (κ3) is 3.57.